The third kappa shape index (κ3) is 63.3. The van der Waals surface area contributed by atoms with Gasteiger partial charge in [0.25, 0.3) is 0 Å². The Bertz CT molecular complexity index is 1470. The predicted molar refractivity (Wildman–Crippen MR) is 334 cm³/mol. The molecule has 0 aliphatic carbocycles. The van der Waals surface area contributed by atoms with E-state index in [1.165, 1.54) is 193 Å². The van der Waals surface area contributed by atoms with Crippen molar-refractivity contribution in [2.75, 3.05) is 13.2 Å². The molecule has 0 aromatic rings. The predicted octanol–water partition coefficient (Wildman–Crippen LogP) is 22.7. The minimum Gasteiger partial charge on any atom is -0.462 e. The van der Waals surface area contributed by atoms with Gasteiger partial charge in [0.2, 0.25) is 0 Å². The molecule has 0 spiro atoms. The quantitative estimate of drug-likeness (QED) is 0.0261. The fraction of sp³-hybridized carbons (Fsp3) is 0.761. The number of carbonyl (C=O) groups is 3. The summed E-state index contributed by atoms with van der Waals surface area (Å²) in [6.07, 6.45) is 86.3. The molecule has 0 amide bonds. The SMILES string of the molecule is CC/C=C\C/C=C\C/C=C\C/C=C\C/C=C\CCCC(=O)OC(COC(=O)CCCCCCC/C=C\CCCC)COC(=O)CCCCCCCCCCCCCCCCCCCCC/C=C\CCCCCCCCCC. The lowest BCUT2D eigenvalue weighted by Crippen LogP contribution is -2.30. The fourth-order valence-corrected chi connectivity index (χ4v) is 9.40. The highest BCUT2D eigenvalue weighted by Crippen LogP contribution is 2.17. The van der Waals surface area contributed by atoms with Crippen molar-refractivity contribution in [1.29, 1.82) is 0 Å². The monoisotopic (exact) mass is 1070 g/mol. The molecular formula is C71H124O6. The van der Waals surface area contributed by atoms with Crippen LogP contribution in [0.3, 0.4) is 0 Å². The maximum Gasteiger partial charge on any atom is 0.306 e. The summed E-state index contributed by atoms with van der Waals surface area (Å²) >= 11 is 0. The molecule has 0 aliphatic heterocycles. The van der Waals surface area contributed by atoms with Crippen molar-refractivity contribution in [2.45, 2.75) is 335 Å². The summed E-state index contributed by atoms with van der Waals surface area (Å²) in [5, 5.41) is 0. The van der Waals surface area contributed by atoms with Crippen molar-refractivity contribution >= 4 is 17.9 Å². The molecule has 0 N–H and O–H groups in total. The number of allylic oxidation sites excluding steroid dienone is 14. The fourth-order valence-electron chi connectivity index (χ4n) is 9.40. The van der Waals surface area contributed by atoms with Crippen molar-refractivity contribution in [2.24, 2.45) is 0 Å². The Hall–Kier alpha value is -3.41. The van der Waals surface area contributed by atoms with E-state index in [4.69, 9.17) is 14.2 Å². The maximum atomic E-state index is 12.8. The number of carbonyl (C=O) groups excluding carboxylic acids is 3. The molecule has 0 radical (unpaired) electrons. The van der Waals surface area contributed by atoms with E-state index in [9.17, 15) is 14.4 Å². The van der Waals surface area contributed by atoms with Gasteiger partial charge in [-0.3, -0.25) is 14.4 Å². The second kappa shape index (κ2) is 65.1. The Balaban J connectivity index is 4.18. The van der Waals surface area contributed by atoms with E-state index in [2.05, 4.69) is 106 Å². The molecule has 0 aliphatic rings. The van der Waals surface area contributed by atoms with Gasteiger partial charge >= 0.3 is 17.9 Å². The van der Waals surface area contributed by atoms with Crippen LogP contribution in [-0.2, 0) is 28.6 Å². The van der Waals surface area contributed by atoms with Crippen LogP contribution in [0.15, 0.2) is 85.1 Å². The molecule has 6 heteroatoms. The highest BCUT2D eigenvalue weighted by Gasteiger charge is 2.19. The second-order valence-corrected chi connectivity index (χ2v) is 22.0. The van der Waals surface area contributed by atoms with E-state index >= 15 is 0 Å². The topological polar surface area (TPSA) is 78.9 Å². The largest absolute Gasteiger partial charge is 0.462 e. The Morgan fingerprint density at radius 2 is 0.532 bits per heavy atom. The van der Waals surface area contributed by atoms with Gasteiger partial charge in [0.15, 0.2) is 6.10 Å². The normalized spacial score (nSPS) is 12.6. The molecule has 0 aromatic carbocycles. The summed E-state index contributed by atoms with van der Waals surface area (Å²) in [6.45, 7) is 6.46. The van der Waals surface area contributed by atoms with E-state index in [0.29, 0.717) is 19.3 Å². The zero-order valence-electron chi connectivity index (χ0n) is 51.0. The third-order valence-corrected chi connectivity index (χ3v) is 14.4. The van der Waals surface area contributed by atoms with Gasteiger partial charge in [-0.1, -0.05) is 292 Å². The first-order valence-electron chi connectivity index (χ1n) is 33.1. The van der Waals surface area contributed by atoms with Crippen molar-refractivity contribution in [3.05, 3.63) is 85.1 Å². The number of unbranched alkanes of at least 4 members (excludes halogenated alkanes) is 35. The molecular weight excluding hydrogens is 949 g/mol. The van der Waals surface area contributed by atoms with Crippen molar-refractivity contribution in [1.82, 2.24) is 0 Å². The highest BCUT2D eigenvalue weighted by molar-refractivity contribution is 5.71. The molecule has 0 heterocycles. The Labute approximate surface area is 477 Å². The molecule has 0 saturated heterocycles. The van der Waals surface area contributed by atoms with E-state index in [0.717, 1.165) is 89.9 Å². The van der Waals surface area contributed by atoms with Crippen LogP contribution >= 0.6 is 0 Å². The van der Waals surface area contributed by atoms with Crippen LogP contribution in [0, 0.1) is 0 Å². The molecule has 0 bridgehead atoms. The van der Waals surface area contributed by atoms with E-state index in [1.54, 1.807) is 0 Å². The summed E-state index contributed by atoms with van der Waals surface area (Å²) in [6, 6.07) is 0. The summed E-state index contributed by atoms with van der Waals surface area (Å²) in [4.78, 5) is 38.2. The molecule has 0 rings (SSSR count). The van der Waals surface area contributed by atoms with Gasteiger partial charge < -0.3 is 14.2 Å². The molecule has 444 valence electrons. The van der Waals surface area contributed by atoms with Crippen molar-refractivity contribution in [3.63, 3.8) is 0 Å². The molecule has 77 heavy (non-hydrogen) atoms. The van der Waals surface area contributed by atoms with Gasteiger partial charge in [0, 0.05) is 19.3 Å². The lowest BCUT2D eigenvalue weighted by atomic mass is 10.0. The number of rotatable bonds is 60. The van der Waals surface area contributed by atoms with Crippen LogP contribution in [0.1, 0.15) is 329 Å². The first kappa shape index (κ1) is 73.6. The van der Waals surface area contributed by atoms with Crippen LogP contribution < -0.4 is 0 Å². The number of ether oxygens (including phenoxy) is 3. The van der Waals surface area contributed by atoms with Crippen LogP contribution in [0.4, 0.5) is 0 Å². The Morgan fingerprint density at radius 3 is 0.883 bits per heavy atom. The summed E-state index contributed by atoms with van der Waals surface area (Å²) < 4.78 is 16.8. The zero-order valence-corrected chi connectivity index (χ0v) is 51.0. The van der Waals surface area contributed by atoms with Crippen LogP contribution in [0.2, 0.25) is 0 Å². The first-order chi connectivity index (χ1) is 38.0. The Morgan fingerprint density at radius 1 is 0.273 bits per heavy atom. The summed E-state index contributed by atoms with van der Waals surface area (Å²) in [7, 11) is 0. The smallest absolute Gasteiger partial charge is 0.306 e. The average molecular weight is 1070 g/mol. The minimum absolute atomic E-state index is 0.0996. The highest BCUT2D eigenvalue weighted by atomic mass is 16.6. The molecule has 6 nitrogen and oxygen atoms in total. The van der Waals surface area contributed by atoms with Gasteiger partial charge in [-0.25, -0.2) is 0 Å². The lowest BCUT2D eigenvalue weighted by molar-refractivity contribution is -0.167. The van der Waals surface area contributed by atoms with Crippen LogP contribution in [0.25, 0.3) is 0 Å². The van der Waals surface area contributed by atoms with Gasteiger partial charge in [-0.05, 0) is 103 Å². The van der Waals surface area contributed by atoms with Crippen molar-refractivity contribution in [3.8, 4) is 0 Å². The van der Waals surface area contributed by atoms with Crippen LogP contribution in [-0.4, -0.2) is 37.2 Å². The van der Waals surface area contributed by atoms with E-state index in [1.807, 2.05) is 0 Å². The van der Waals surface area contributed by atoms with Gasteiger partial charge in [-0.15, -0.1) is 0 Å². The third-order valence-electron chi connectivity index (χ3n) is 14.4. The van der Waals surface area contributed by atoms with Gasteiger partial charge in [-0.2, -0.15) is 0 Å². The van der Waals surface area contributed by atoms with E-state index < -0.39 is 6.10 Å². The zero-order chi connectivity index (χ0) is 55.7. The molecule has 1 atom stereocenters. The first-order valence-corrected chi connectivity index (χ1v) is 33.1. The maximum absolute atomic E-state index is 12.8. The minimum atomic E-state index is -0.809. The number of esters is 3. The number of hydrogen-bond acceptors (Lipinski definition) is 6. The molecule has 1 unspecified atom stereocenters. The standard InChI is InChI=1S/C71H124O6/c1-4-7-10-13-16-19-22-24-26-28-29-30-31-32-33-34-35-36-37-38-39-40-41-43-44-46-49-52-55-58-61-64-70(73)76-67-68(66-75-69(72)63-60-57-54-51-48-21-18-15-12-9-6-3)77-71(74)65-62-59-56-53-50-47-45-42-27-25-23-20-17-14-11-8-5-2/h8,11,15,17-18,20,25,27-29,45,47,53,56,68H,4-7,9-10,12-14,16,19,21-24,26,30-44,46,48-52,54-55,57-67H2,1-3H3/b11-8-,18-15-,20-17-,27-25-,29-28-,47-45-,56-53-. The number of hydrogen-bond donors (Lipinski definition) is 0. The van der Waals surface area contributed by atoms with Crippen LogP contribution in [0.5, 0.6) is 0 Å². The average Bonchev–Trinajstić information content (AvgIpc) is 3.43. The van der Waals surface area contributed by atoms with E-state index in [-0.39, 0.29) is 37.5 Å². The molecule has 0 aromatic heterocycles. The van der Waals surface area contributed by atoms with Crippen molar-refractivity contribution < 1.29 is 28.6 Å². The van der Waals surface area contributed by atoms with Gasteiger partial charge in [0.1, 0.15) is 13.2 Å². The summed E-state index contributed by atoms with van der Waals surface area (Å²) in [5.41, 5.74) is 0. The Kier molecular flexibility index (Phi) is 62.2. The molecule has 0 fully saturated rings. The second-order valence-electron chi connectivity index (χ2n) is 22.0. The lowest BCUT2D eigenvalue weighted by Gasteiger charge is -2.18. The molecule has 0 saturated carbocycles. The summed E-state index contributed by atoms with van der Waals surface area (Å²) in [5.74, 6) is -0.958. The van der Waals surface area contributed by atoms with Gasteiger partial charge in [0.05, 0.1) is 0 Å².